The maximum absolute atomic E-state index is 10.0. The average molecular weight is 476 g/mol. The van der Waals surface area contributed by atoms with E-state index < -0.39 is 0 Å². The molecule has 6 heteroatoms. The summed E-state index contributed by atoms with van der Waals surface area (Å²) in [5, 5.41) is 13.5. The highest BCUT2D eigenvalue weighted by molar-refractivity contribution is 14.0. The summed E-state index contributed by atoms with van der Waals surface area (Å²) in [7, 11) is 0. The van der Waals surface area contributed by atoms with Crippen LogP contribution >= 0.6 is 24.0 Å². The molecule has 4 rings (SSSR count). The quantitative estimate of drug-likeness (QED) is 0.372. The molecule has 0 aromatic heterocycles. The Hall–Kier alpha value is -0.0800. The minimum atomic E-state index is -0.138. The molecule has 0 radical (unpaired) electrons. The molecule has 0 aromatic carbocycles. The summed E-state index contributed by atoms with van der Waals surface area (Å²) < 4.78 is 0. The van der Waals surface area contributed by atoms with Crippen molar-refractivity contribution in [3.8, 4) is 0 Å². The van der Waals surface area contributed by atoms with Crippen molar-refractivity contribution >= 4 is 29.9 Å². The van der Waals surface area contributed by atoms with Gasteiger partial charge in [0.15, 0.2) is 5.96 Å². The first-order valence-electron chi connectivity index (χ1n) is 10.7. The molecule has 3 saturated carbocycles. The van der Waals surface area contributed by atoms with Gasteiger partial charge in [0.1, 0.15) is 0 Å². The second-order valence-corrected chi connectivity index (χ2v) is 8.72. The van der Waals surface area contributed by atoms with Crippen molar-refractivity contribution < 1.29 is 5.11 Å². The molecule has 4 fully saturated rings. The fourth-order valence-corrected chi connectivity index (χ4v) is 5.78. The van der Waals surface area contributed by atoms with Gasteiger partial charge in [-0.2, -0.15) is 0 Å². The molecule has 2 N–H and O–H groups in total. The van der Waals surface area contributed by atoms with Crippen LogP contribution in [0.2, 0.25) is 0 Å². The largest absolute Gasteiger partial charge is 0.393 e. The van der Waals surface area contributed by atoms with Crippen LogP contribution in [0.15, 0.2) is 4.99 Å². The first kappa shape index (κ1) is 20.6. The normalized spacial score (nSPS) is 37.8. The SMILES string of the molecule is CCNC(=NCC1CCCC1O)N1CCN(C2CC3CCC2C3)CC1.I. The van der Waals surface area contributed by atoms with E-state index in [1.54, 1.807) is 0 Å². The van der Waals surface area contributed by atoms with Gasteiger partial charge in [0.25, 0.3) is 0 Å². The lowest BCUT2D eigenvalue weighted by Crippen LogP contribution is -2.55. The molecule has 5 nitrogen and oxygen atoms in total. The Morgan fingerprint density at radius 1 is 1.08 bits per heavy atom. The predicted octanol–water partition coefficient (Wildman–Crippen LogP) is 2.54. The smallest absolute Gasteiger partial charge is 0.194 e. The van der Waals surface area contributed by atoms with E-state index in [0.717, 1.165) is 69.3 Å². The van der Waals surface area contributed by atoms with Gasteiger partial charge in [0, 0.05) is 51.2 Å². The van der Waals surface area contributed by atoms with Gasteiger partial charge in [-0.15, -0.1) is 24.0 Å². The lowest BCUT2D eigenvalue weighted by molar-refractivity contribution is 0.0955. The van der Waals surface area contributed by atoms with Gasteiger partial charge < -0.3 is 15.3 Å². The Labute approximate surface area is 176 Å². The summed E-state index contributed by atoms with van der Waals surface area (Å²) in [5.41, 5.74) is 0. The number of hydrogen-bond donors (Lipinski definition) is 2. The van der Waals surface area contributed by atoms with Gasteiger partial charge in [-0.25, -0.2) is 0 Å². The van der Waals surface area contributed by atoms with E-state index in [-0.39, 0.29) is 30.1 Å². The fraction of sp³-hybridized carbons (Fsp3) is 0.950. The highest BCUT2D eigenvalue weighted by atomic mass is 127. The molecule has 1 saturated heterocycles. The van der Waals surface area contributed by atoms with E-state index in [4.69, 9.17) is 4.99 Å². The molecule has 4 aliphatic rings. The first-order valence-corrected chi connectivity index (χ1v) is 10.7. The fourth-order valence-electron chi connectivity index (χ4n) is 5.78. The number of aliphatic hydroxyl groups is 1. The van der Waals surface area contributed by atoms with Crippen molar-refractivity contribution in [3.05, 3.63) is 0 Å². The number of fused-ring (bicyclic) bond motifs is 2. The van der Waals surface area contributed by atoms with Gasteiger partial charge >= 0.3 is 0 Å². The van der Waals surface area contributed by atoms with Crippen molar-refractivity contribution in [3.63, 3.8) is 0 Å². The second kappa shape index (κ2) is 9.41. The van der Waals surface area contributed by atoms with E-state index in [2.05, 4.69) is 22.0 Å². The summed E-state index contributed by atoms with van der Waals surface area (Å²) in [4.78, 5) is 10.1. The van der Waals surface area contributed by atoms with Gasteiger partial charge in [0.2, 0.25) is 0 Å². The van der Waals surface area contributed by atoms with Crippen LogP contribution in [-0.2, 0) is 0 Å². The molecular formula is C20H37IN4O. The van der Waals surface area contributed by atoms with Gasteiger partial charge in [-0.05, 0) is 50.9 Å². The van der Waals surface area contributed by atoms with Crippen LogP contribution in [0.3, 0.4) is 0 Å². The zero-order valence-electron chi connectivity index (χ0n) is 16.3. The lowest BCUT2D eigenvalue weighted by atomic mass is 9.93. The summed E-state index contributed by atoms with van der Waals surface area (Å²) in [6.45, 7) is 8.38. The van der Waals surface area contributed by atoms with Gasteiger partial charge in [-0.1, -0.05) is 12.8 Å². The van der Waals surface area contributed by atoms with Crippen molar-refractivity contribution in [1.29, 1.82) is 0 Å². The third-order valence-corrected chi connectivity index (χ3v) is 7.21. The Bertz CT molecular complexity index is 480. The van der Waals surface area contributed by atoms with Crippen LogP contribution in [0, 0.1) is 17.8 Å². The molecule has 5 atom stereocenters. The van der Waals surface area contributed by atoms with Crippen LogP contribution in [0.1, 0.15) is 51.9 Å². The number of rotatable bonds is 4. The maximum atomic E-state index is 10.0. The zero-order chi connectivity index (χ0) is 17.2. The topological polar surface area (TPSA) is 51.1 Å². The summed E-state index contributed by atoms with van der Waals surface area (Å²) in [6, 6.07) is 0.869. The molecule has 0 amide bonds. The van der Waals surface area contributed by atoms with Crippen molar-refractivity contribution in [2.75, 3.05) is 39.3 Å². The number of hydrogen-bond acceptors (Lipinski definition) is 3. The highest BCUT2D eigenvalue weighted by Crippen LogP contribution is 2.46. The number of halogens is 1. The van der Waals surface area contributed by atoms with Crippen LogP contribution in [0.4, 0.5) is 0 Å². The number of piperazine rings is 1. The van der Waals surface area contributed by atoms with Crippen LogP contribution in [0.5, 0.6) is 0 Å². The number of nitrogens with zero attached hydrogens (tertiary/aromatic N) is 3. The summed E-state index contributed by atoms with van der Waals surface area (Å²) in [5.74, 6) is 3.45. The van der Waals surface area contributed by atoms with Crippen LogP contribution in [0.25, 0.3) is 0 Å². The van der Waals surface area contributed by atoms with Gasteiger partial charge in [0.05, 0.1) is 6.10 Å². The molecular weight excluding hydrogens is 439 g/mol. The van der Waals surface area contributed by atoms with E-state index in [1.165, 1.54) is 38.8 Å². The maximum Gasteiger partial charge on any atom is 0.194 e. The number of aliphatic hydroxyl groups excluding tert-OH is 1. The molecule has 150 valence electrons. The molecule has 26 heavy (non-hydrogen) atoms. The minimum Gasteiger partial charge on any atom is -0.393 e. The minimum absolute atomic E-state index is 0. The van der Waals surface area contributed by atoms with Gasteiger partial charge in [-0.3, -0.25) is 9.89 Å². The first-order chi connectivity index (χ1) is 12.2. The van der Waals surface area contributed by atoms with Crippen molar-refractivity contribution in [2.45, 2.75) is 64.0 Å². The third kappa shape index (κ3) is 4.49. The van der Waals surface area contributed by atoms with Crippen molar-refractivity contribution in [2.24, 2.45) is 22.7 Å². The Morgan fingerprint density at radius 3 is 2.46 bits per heavy atom. The standard InChI is InChI=1S/C20H36N4O.HI/c1-2-21-20(22-14-17-4-3-5-19(17)25)24-10-8-23(9-11-24)18-13-15-6-7-16(18)12-15;/h15-19,25H,2-14H2,1H3,(H,21,22);1H. The zero-order valence-corrected chi connectivity index (χ0v) is 18.6. The van der Waals surface area contributed by atoms with Crippen LogP contribution < -0.4 is 5.32 Å². The van der Waals surface area contributed by atoms with Crippen LogP contribution in [-0.4, -0.2) is 72.3 Å². The number of nitrogens with one attached hydrogen (secondary N) is 1. The molecule has 2 bridgehead atoms. The lowest BCUT2D eigenvalue weighted by Gasteiger charge is -2.42. The predicted molar refractivity (Wildman–Crippen MR) is 117 cm³/mol. The van der Waals surface area contributed by atoms with E-state index >= 15 is 0 Å². The monoisotopic (exact) mass is 476 g/mol. The third-order valence-electron chi connectivity index (χ3n) is 7.21. The molecule has 5 unspecified atom stereocenters. The molecule has 1 aliphatic heterocycles. The summed E-state index contributed by atoms with van der Waals surface area (Å²) >= 11 is 0. The molecule has 0 aromatic rings. The Balaban J connectivity index is 0.00000196. The number of aliphatic imine (C=N–C) groups is 1. The summed E-state index contributed by atoms with van der Waals surface area (Å²) in [6.07, 6.45) is 9.02. The number of guanidine groups is 1. The molecule has 0 spiro atoms. The van der Waals surface area contributed by atoms with E-state index in [9.17, 15) is 5.11 Å². The van der Waals surface area contributed by atoms with E-state index in [0.29, 0.717) is 5.92 Å². The Morgan fingerprint density at radius 2 is 1.88 bits per heavy atom. The van der Waals surface area contributed by atoms with E-state index in [1.807, 2.05) is 0 Å². The molecule has 3 aliphatic carbocycles. The van der Waals surface area contributed by atoms with Crippen molar-refractivity contribution in [1.82, 2.24) is 15.1 Å². The second-order valence-electron chi connectivity index (χ2n) is 8.72. The highest BCUT2D eigenvalue weighted by Gasteiger charge is 2.42. The Kier molecular flexibility index (Phi) is 7.48. The average Bonchev–Trinajstić information content (AvgIpc) is 3.36. The molecule has 1 heterocycles.